The van der Waals surface area contributed by atoms with Gasteiger partial charge in [-0.05, 0) is 26.0 Å². The van der Waals surface area contributed by atoms with Gasteiger partial charge in [-0.1, -0.05) is 5.16 Å². The molecule has 2 rings (SSSR count). The molecule has 2 aromatic heterocycles. The highest BCUT2D eigenvalue weighted by Gasteiger charge is 2.18. The molecular weight excluding hydrogens is 280 g/mol. The van der Waals surface area contributed by atoms with Gasteiger partial charge in [0, 0.05) is 28.3 Å². The van der Waals surface area contributed by atoms with Gasteiger partial charge in [-0.25, -0.2) is 4.79 Å². The number of amides is 1. The quantitative estimate of drug-likeness (QED) is 0.881. The molecule has 20 heavy (non-hydrogen) atoms. The van der Waals surface area contributed by atoms with Gasteiger partial charge in [-0.3, -0.25) is 4.79 Å². The van der Waals surface area contributed by atoms with Gasteiger partial charge in [0.15, 0.2) is 5.69 Å². The average molecular weight is 294 g/mol. The van der Waals surface area contributed by atoms with Crippen molar-refractivity contribution in [3.8, 4) is 0 Å². The molecule has 0 spiro atoms. The molecule has 0 aromatic carbocycles. The van der Waals surface area contributed by atoms with Crippen LogP contribution in [-0.4, -0.2) is 28.2 Å². The van der Waals surface area contributed by atoms with Crippen molar-refractivity contribution < 1.29 is 19.2 Å². The molecule has 0 aliphatic carbocycles. The molecule has 0 bridgehead atoms. The zero-order valence-electron chi connectivity index (χ0n) is 11.0. The first-order valence-electron chi connectivity index (χ1n) is 6.02. The Labute approximate surface area is 119 Å². The molecule has 7 heteroatoms. The first-order chi connectivity index (χ1) is 9.45. The number of thiophene rings is 1. The van der Waals surface area contributed by atoms with Crippen molar-refractivity contribution in [2.45, 2.75) is 26.3 Å². The number of carboxylic acid groups (broad SMARTS) is 1. The molecule has 0 aliphatic rings. The minimum absolute atomic E-state index is 0.0309. The number of aromatic nitrogens is 1. The summed E-state index contributed by atoms with van der Waals surface area (Å²) in [5.74, 6) is -2.04. The van der Waals surface area contributed by atoms with Crippen molar-refractivity contribution in [2.75, 3.05) is 0 Å². The van der Waals surface area contributed by atoms with Crippen LogP contribution in [0.15, 0.2) is 22.7 Å². The molecule has 2 aromatic rings. The van der Waals surface area contributed by atoms with Crippen LogP contribution in [0.1, 0.15) is 37.7 Å². The summed E-state index contributed by atoms with van der Waals surface area (Å²) in [6.45, 7) is 3.91. The standard InChI is InChI=1S/C13H14N2O4S/c1-7(5-9-4-3-8(2)20-9)14-12(16)10-6-11(13(17)18)19-15-10/h3-4,6-7H,5H2,1-2H3,(H,14,16)(H,17,18). The van der Waals surface area contributed by atoms with Crippen molar-refractivity contribution in [3.05, 3.63) is 39.4 Å². The van der Waals surface area contributed by atoms with E-state index < -0.39 is 11.9 Å². The zero-order chi connectivity index (χ0) is 14.7. The van der Waals surface area contributed by atoms with Crippen LogP contribution in [0.4, 0.5) is 0 Å². The van der Waals surface area contributed by atoms with Crippen molar-refractivity contribution in [3.63, 3.8) is 0 Å². The Morgan fingerprint density at radius 3 is 2.80 bits per heavy atom. The molecule has 0 fully saturated rings. The van der Waals surface area contributed by atoms with Crippen molar-refractivity contribution in [2.24, 2.45) is 0 Å². The maximum atomic E-state index is 11.9. The van der Waals surface area contributed by atoms with Gasteiger partial charge >= 0.3 is 5.97 Å². The predicted octanol–water partition coefficient (Wildman–Crippen LogP) is 2.10. The number of aryl methyl sites for hydroxylation is 1. The van der Waals surface area contributed by atoms with Crippen LogP contribution in [-0.2, 0) is 6.42 Å². The smallest absolute Gasteiger partial charge is 0.374 e. The van der Waals surface area contributed by atoms with Gasteiger partial charge in [0.25, 0.3) is 5.91 Å². The lowest BCUT2D eigenvalue weighted by Crippen LogP contribution is -2.34. The Balaban J connectivity index is 1.94. The summed E-state index contributed by atoms with van der Waals surface area (Å²) in [7, 11) is 0. The van der Waals surface area contributed by atoms with E-state index in [2.05, 4.69) is 15.0 Å². The van der Waals surface area contributed by atoms with E-state index in [-0.39, 0.29) is 17.5 Å². The second-order valence-corrected chi connectivity index (χ2v) is 5.84. The molecular formula is C13H14N2O4S. The Morgan fingerprint density at radius 1 is 1.50 bits per heavy atom. The number of nitrogens with zero attached hydrogens (tertiary/aromatic N) is 1. The molecule has 1 amide bonds. The maximum absolute atomic E-state index is 11.9. The van der Waals surface area contributed by atoms with E-state index in [4.69, 9.17) is 5.11 Å². The molecule has 2 heterocycles. The number of carboxylic acids is 1. The SMILES string of the molecule is Cc1ccc(CC(C)NC(=O)c2cc(C(=O)O)on2)s1. The van der Waals surface area contributed by atoms with E-state index in [0.29, 0.717) is 6.42 Å². The molecule has 106 valence electrons. The molecule has 1 unspecified atom stereocenters. The fourth-order valence-corrected chi connectivity index (χ4v) is 2.75. The van der Waals surface area contributed by atoms with E-state index in [1.54, 1.807) is 11.3 Å². The maximum Gasteiger partial charge on any atom is 0.374 e. The van der Waals surface area contributed by atoms with Gasteiger partial charge in [0.1, 0.15) is 0 Å². The summed E-state index contributed by atoms with van der Waals surface area (Å²) in [5.41, 5.74) is -0.0309. The number of rotatable bonds is 5. The third kappa shape index (κ3) is 3.45. The summed E-state index contributed by atoms with van der Waals surface area (Å²) in [4.78, 5) is 24.9. The second-order valence-electron chi connectivity index (χ2n) is 4.47. The summed E-state index contributed by atoms with van der Waals surface area (Å²) < 4.78 is 4.54. The van der Waals surface area contributed by atoms with Gasteiger partial charge < -0.3 is 14.9 Å². The normalized spacial score (nSPS) is 12.1. The Hall–Kier alpha value is -2.15. The van der Waals surface area contributed by atoms with E-state index in [0.717, 1.165) is 6.07 Å². The highest BCUT2D eigenvalue weighted by atomic mass is 32.1. The molecule has 2 N–H and O–H groups in total. The van der Waals surface area contributed by atoms with Crippen LogP contribution in [0.2, 0.25) is 0 Å². The fourth-order valence-electron chi connectivity index (χ4n) is 1.73. The summed E-state index contributed by atoms with van der Waals surface area (Å²) >= 11 is 1.68. The Kier molecular flexibility index (Phi) is 4.19. The van der Waals surface area contributed by atoms with Gasteiger partial charge in [-0.15, -0.1) is 11.3 Å². The minimum atomic E-state index is -1.25. The van der Waals surface area contributed by atoms with E-state index >= 15 is 0 Å². The van der Waals surface area contributed by atoms with Crippen LogP contribution in [0.5, 0.6) is 0 Å². The van der Waals surface area contributed by atoms with Crippen molar-refractivity contribution in [1.29, 1.82) is 0 Å². The van der Waals surface area contributed by atoms with Crippen LogP contribution in [0.3, 0.4) is 0 Å². The molecule has 6 nitrogen and oxygen atoms in total. The van der Waals surface area contributed by atoms with Gasteiger partial charge in [0.05, 0.1) is 0 Å². The lowest BCUT2D eigenvalue weighted by atomic mass is 10.2. The largest absolute Gasteiger partial charge is 0.475 e. The summed E-state index contributed by atoms with van der Waals surface area (Å²) in [6, 6.07) is 5.09. The lowest BCUT2D eigenvalue weighted by Gasteiger charge is -2.11. The number of hydrogen-bond donors (Lipinski definition) is 2. The molecule has 0 saturated carbocycles. The lowest BCUT2D eigenvalue weighted by molar-refractivity contribution is 0.0651. The number of nitrogens with one attached hydrogen (secondary N) is 1. The topological polar surface area (TPSA) is 92.4 Å². The molecule has 1 atom stereocenters. The third-order valence-corrected chi connectivity index (χ3v) is 3.66. The van der Waals surface area contributed by atoms with Crippen LogP contribution in [0.25, 0.3) is 0 Å². The van der Waals surface area contributed by atoms with Crippen LogP contribution < -0.4 is 5.32 Å². The molecule has 0 saturated heterocycles. The van der Waals surface area contributed by atoms with E-state index in [9.17, 15) is 9.59 Å². The fraction of sp³-hybridized carbons (Fsp3) is 0.308. The molecule has 0 radical (unpaired) electrons. The van der Waals surface area contributed by atoms with E-state index in [1.807, 2.05) is 26.0 Å². The highest BCUT2D eigenvalue weighted by molar-refractivity contribution is 7.11. The Bertz CT molecular complexity index is 632. The van der Waals surface area contributed by atoms with Crippen molar-refractivity contribution >= 4 is 23.2 Å². The van der Waals surface area contributed by atoms with Gasteiger partial charge in [-0.2, -0.15) is 0 Å². The molecule has 0 aliphatic heterocycles. The minimum Gasteiger partial charge on any atom is -0.475 e. The second kappa shape index (κ2) is 5.87. The van der Waals surface area contributed by atoms with Crippen LogP contribution in [0, 0.1) is 6.92 Å². The predicted molar refractivity (Wildman–Crippen MR) is 73.2 cm³/mol. The Morgan fingerprint density at radius 2 is 2.25 bits per heavy atom. The average Bonchev–Trinajstić information content (AvgIpc) is 2.98. The number of carbonyl (C=O) groups excluding carboxylic acids is 1. The highest BCUT2D eigenvalue weighted by Crippen LogP contribution is 2.16. The number of hydrogen-bond acceptors (Lipinski definition) is 5. The zero-order valence-corrected chi connectivity index (χ0v) is 11.9. The first-order valence-corrected chi connectivity index (χ1v) is 6.83. The number of aromatic carboxylic acids is 1. The van der Waals surface area contributed by atoms with Crippen LogP contribution >= 0.6 is 11.3 Å². The first kappa shape index (κ1) is 14.3. The monoisotopic (exact) mass is 294 g/mol. The number of carbonyl (C=O) groups is 2. The summed E-state index contributed by atoms with van der Waals surface area (Å²) in [6.07, 6.45) is 0.716. The van der Waals surface area contributed by atoms with Crippen molar-refractivity contribution in [1.82, 2.24) is 10.5 Å². The van der Waals surface area contributed by atoms with E-state index in [1.165, 1.54) is 9.75 Å². The summed E-state index contributed by atoms with van der Waals surface area (Å²) in [5, 5.41) is 14.9. The third-order valence-electron chi connectivity index (χ3n) is 2.63. The van der Waals surface area contributed by atoms with Gasteiger partial charge in [0.2, 0.25) is 5.76 Å².